The third kappa shape index (κ3) is 5.03. The van der Waals surface area contributed by atoms with Gasteiger partial charge in [-0.05, 0) is 18.6 Å². The highest BCUT2D eigenvalue weighted by Gasteiger charge is 2.44. The Morgan fingerprint density at radius 1 is 1.12 bits per heavy atom. The Morgan fingerprint density at radius 3 is 2.58 bits per heavy atom. The third-order valence-electron chi connectivity index (χ3n) is 6.24. The molecule has 0 aliphatic carbocycles. The number of Topliss-reactive ketones (excluding diaryl/α,β-unsaturated/α-hetero) is 1. The van der Waals surface area contributed by atoms with Gasteiger partial charge in [-0.25, -0.2) is 0 Å². The lowest BCUT2D eigenvalue weighted by molar-refractivity contribution is -0.135. The van der Waals surface area contributed by atoms with Gasteiger partial charge in [0.2, 0.25) is 5.91 Å². The first-order chi connectivity index (χ1) is 15.9. The Bertz CT molecular complexity index is 1030. The lowest BCUT2D eigenvalue weighted by Gasteiger charge is -2.44. The molecule has 33 heavy (non-hydrogen) atoms. The maximum atomic E-state index is 13.0. The summed E-state index contributed by atoms with van der Waals surface area (Å²) in [6.45, 7) is 1.52. The maximum absolute atomic E-state index is 13.0. The highest BCUT2D eigenvalue weighted by Crippen LogP contribution is 2.44. The van der Waals surface area contributed by atoms with Crippen LogP contribution in [0.15, 0.2) is 36.4 Å². The van der Waals surface area contributed by atoms with Gasteiger partial charge in [0.25, 0.3) is 0 Å². The molecule has 1 fully saturated rings. The number of nitrogens with zero attached hydrogens (tertiary/aromatic N) is 1. The molecule has 2 heterocycles. The summed E-state index contributed by atoms with van der Waals surface area (Å²) >= 11 is 6.08. The van der Waals surface area contributed by atoms with Crippen LogP contribution in [0, 0.1) is 0 Å². The minimum absolute atomic E-state index is 0.00717. The Labute approximate surface area is 198 Å². The molecule has 7 nitrogen and oxygen atoms in total. The normalized spacial score (nSPS) is 16.7. The van der Waals surface area contributed by atoms with E-state index in [-0.39, 0.29) is 18.1 Å². The van der Waals surface area contributed by atoms with E-state index >= 15 is 0 Å². The van der Waals surface area contributed by atoms with E-state index in [1.165, 1.54) is 7.11 Å². The smallest absolute Gasteiger partial charge is 0.222 e. The summed E-state index contributed by atoms with van der Waals surface area (Å²) in [5.74, 6) is 2.21. The monoisotopic (exact) mass is 473 g/mol. The molecular weight excluding hydrogens is 446 g/mol. The number of carbonyl (C=O) groups excluding carboxylic acids is 2. The number of amides is 1. The molecule has 0 unspecified atom stereocenters. The number of carbonyl (C=O) groups is 2. The average Bonchev–Trinajstić information content (AvgIpc) is 2.82. The minimum atomic E-state index is -0.606. The first kappa shape index (κ1) is 23.2. The quantitative estimate of drug-likeness (QED) is 0.549. The number of ether oxygens (including phenoxy) is 4. The molecule has 0 bridgehead atoms. The van der Waals surface area contributed by atoms with Crippen LogP contribution in [0.4, 0.5) is 0 Å². The van der Waals surface area contributed by atoms with E-state index in [9.17, 15) is 9.59 Å². The predicted molar refractivity (Wildman–Crippen MR) is 124 cm³/mol. The SMILES string of the molecule is COc1cc(OC)c2c(c1)OC1(CCN(C(=O)CCCOc3ccccc3Cl)CC1)CC2=O. The molecule has 4 rings (SSSR count). The molecule has 0 atom stereocenters. The molecular formula is C25H28ClNO6. The lowest BCUT2D eigenvalue weighted by atomic mass is 9.82. The van der Waals surface area contributed by atoms with Gasteiger partial charge in [-0.15, -0.1) is 0 Å². The fraction of sp³-hybridized carbons (Fsp3) is 0.440. The second kappa shape index (κ2) is 9.91. The van der Waals surface area contributed by atoms with Crippen molar-refractivity contribution >= 4 is 23.3 Å². The standard InChI is InChI=1S/C25H28ClNO6/c1-30-17-14-21(31-2)24-19(28)16-25(33-22(24)15-17)9-11-27(12-10-25)23(29)8-5-13-32-20-7-4-3-6-18(20)26/h3-4,6-7,14-15H,5,8-13,16H2,1-2H3. The number of halogens is 1. The zero-order valence-electron chi connectivity index (χ0n) is 18.9. The second-order valence-corrected chi connectivity index (χ2v) is 8.76. The van der Waals surface area contributed by atoms with Crippen molar-refractivity contribution in [1.29, 1.82) is 0 Å². The molecule has 0 N–H and O–H groups in total. The number of ketones is 1. The Balaban J connectivity index is 1.31. The molecule has 8 heteroatoms. The van der Waals surface area contributed by atoms with Gasteiger partial charge in [0, 0.05) is 44.5 Å². The van der Waals surface area contributed by atoms with Crippen molar-refractivity contribution in [2.75, 3.05) is 33.9 Å². The first-order valence-electron chi connectivity index (χ1n) is 11.1. The summed E-state index contributed by atoms with van der Waals surface area (Å²) in [7, 11) is 3.08. The summed E-state index contributed by atoms with van der Waals surface area (Å²) in [6.07, 6.45) is 2.47. The topological polar surface area (TPSA) is 74.3 Å². The molecule has 2 aliphatic rings. The highest BCUT2D eigenvalue weighted by atomic mass is 35.5. The fourth-order valence-electron chi connectivity index (χ4n) is 4.42. The van der Waals surface area contributed by atoms with Crippen LogP contribution >= 0.6 is 11.6 Å². The van der Waals surface area contributed by atoms with Gasteiger partial charge in [-0.1, -0.05) is 23.7 Å². The Morgan fingerprint density at radius 2 is 1.88 bits per heavy atom. The highest BCUT2D eigenvalue weighted by molar-refractivity contribution is 6.32. The van der Waals surface area contributed by atoms with Gasteiger partial charge in [0.05, 0.1) is 32.3 Å². The van der Waals surface area contributed by atoms with Crippen LogP contribution < -0.4 is 18.9 Å². The lowest BCUT2D eigenvalue weighted by Crippen LogP contribution is -2.52. The van der Waals surface area contributed by atoms with Crippen molar-refractivity contribution in [2.24, 2.45) is 0 Å². The van der Waals surface area contributed by atoms with Crippen molar-refractivity contribution < 1.29 is 28.5 Å². The number of fused-ring (bicyclic) bond motifs is 1. The molecule has 0 radical (unpaired) electrons. The summed E-state index contributed by atoms with van der Waals surface area (Å²) in [5, 5.41) is 0.559. The van der Waals surface area contributed by atoms with Gasteiger partial charge in [-0.2, -0.15) is 0 Å². The molecule has 2 aromatic carbocycles. The zero-order chi connectivity index (χ0) is 23.4. The van der Waals surface area contributed by atoms with Crippen molar-refractivity contribution in [1.82, 2.24) is 4.90 Å². The number of rotatable bonds is 7. The van der Waals surface area contributed by atoms with E-state index in [4.69, 9.17) is 30.5 Å². The van der Waals surface area contributed by atoms with E-state index < -0.39 is 5.60 Å². The average molecular weight is 474 g/mol. The van der Waals surface area contributed by atoms with Crippen LogP contribution in [0.2, 0.25) is 5.02 Å². The second-order valence-electron chi connectivity index (χ2n) is 8.35. The largest absolute Gasteiger partial charge is 0.496 e. The van der Waals surface area contributed by atoms with Crippen LogP contribution in [0.3, 0.4) is 0 Å². The Kier molecular flexibility index (Phi) is 6.98. The molecule has 2 aromatic rings. The van der Waals surface area contributed by atoms with Crippen LogP contribution in [-0.4, -0.2) is 56.1 Å². The summed E-state index contributed by atoms with van der Waals surface area (Å²) in [6, 6.07) is 10.7. The molecule has 1 amide bonds. The number of benzene rings is 2. The third-order valence-corrected chi connectivity index (χ3v) is 6.55. The van der Waals surface area contributed by atoms with Crippen molar-refractivity contribution in [3.8, 4) is 23.0 Å². The van der Waals surface area contributed by atoms with Crippen LogP contribution in [0.25, 0.3) is 0 Å². The fourth-order valence-corrected chi connectivity index (χ4v) is 4.61. The number of para-hydroxylation sites is 1. The van der Waals surface area contributed by atoms with Crippen molar-refractivity contribution in [2.45, 2.75) is 37.7 Å². The molecule has 0 saturated carbocycles. The molecule has 1 spiro atoms. The van der Waals surface area contributed by atoms with Crippen LogP contribution in [-0.2, 0) is 4.79 Å². The van der Waals surface area contributed by atoms with E-state index in [1.54, 1.807) is 25.3 Å². The summed E-state index contributed by atoms with van der Waals surface area (Å²) in [5.41, 5.74) is -0.147. The number of hydrogen-bond acceptors (Lipinski definition) is 6. The minimum Gasteiger partial charge on any atom is -0.496 e. The Hall–Kier alpha value is -2.93. The molecule has 1 saturated heterocycles. The number of likely N-dealkylation sites (tertiary alicyclic amines) is 1. The van der Waals surface area contributed by atoms with Crippen LogP contribution in [0.5, 0.6) is 23.0 Å². The van der Waals surface area contributed by atoms with Gasteiger partial charge in [0.15, 0.2) is 5.78 Å². The van der Waals surface area contributed by atoms with E-state index in [2.05, 4.69) is 0 Å². The number of methoxy groups -OCH3 is 2. The molecule has 176 valence electrons. The van der Waals surface area contributed by atoms with Crippen molar-refractivity contribution in [3.05, 3.63) is 47.0 Å². The van der Waals surface area contributed by atoms with E-state index in [1.807, 2.05) is 23.1 Å². The number of hydrogen-bond donors (Lipinski definition) is 0. The van der Waals surface area contributed by atoms with Crippen molar-refractivity contribution in [3.63, 3.8) is 0 Å². The maximum Gasteiger partial charge on any atom is 0.222 e. The summed E-state index contributed by atoms with van der Waals surface area (Å²) < 4.78 is 22.7. The number of piperidine rings is 1. The van der Waals surface area contributed by atoms with E-state index in [0.717, 1.165) is 0 Å². The van der Waals surface area contributed by atoms with Gasteiger partial charge in [0.1, 0.15) is 34.2 Å². The van der Waals surface area contributed by atoms with E-state index in [0.29, 0.717) is 79.0 Å². The van der Waals surface area contributed by atoms with Gasteiger partial charge < -0.3 is 23.8 Å². The summed E-state index contributed by atoms with van der Waals surface area (Å²) in [4.78, 5) is 27.5. The molecule has 0 aromatic heterocycles. The van der Waals surface area contributed by atoms with Gasteiger partial charge >= 0.3 is 0 Å². The first-order valence-corrected chi connectivity index (χ1v) is 11.5. The van der Waals surface area contributed by atoms with Crippen LogP contribution in [0.1, 0.15) is 42.5 Å². The van der Waals surface area contributed by atoms with Gasteiger partial charge in [-0.3, -0.25) is 9.59 Å². The molecule has 2 aliphatic heterocycles. The zero-order valence-corrected chi connectivity index (χ0v) is 19.7. The predicted octanol–water partition coefficient (Wildman–Crippen LogP) is 4.54.